The lowest BCUT2D eigenvalue weighted by Crippen LogP contribution is -2.22. The van der Waals surface area contributed by atoms with Crippen molar-refractivity contribution < 1.29 is 23.8 Å². The quantitative estimate of drug-likeness (QED) is 0.424. The molecule has 1 aromatic heterocycles. The van der Waals surface area contributed by atoms with Gasteiger partial charge in [0.2, 0.25) is 5.91 Å². The molecular weight excluding hydrogens is 377 g/mol. The summed E-state index contributed by atoms with van der Waals surface area (Å²) in [7, 11) is -2.56. The fourth-order valence-electron chi connectivity index (χ4n) is 3.28. The molecule has 6 nitrogen and oxygen atoms in total. The lowest BCUT2D eigenvalue weighted by atomic mass is 9.99. The van der Waals surface area contributed by atoms with Crippen LogP contribution >= 0.6 is 8.03 Å². The molecule has 3 N–H and O–H groups in total. The Morgan fingerprint density at radius 3 is 2.64 bits per heavy atom. The van der Waals surface area contributed by atoms with Gasteiger partial charge in [-0.05, 0) is 45.7 Å². The minimum absolute atomic E-state index is 0.0252. The summed E-state index contributed by atoms with van der Waals surface area (Å²) in [6.45, 7) is 0. The van der Waals surface area contributed by atoms with E-state index in [0.717, 1.165) is 10.8 Å². The lowest BCUT2D eigenvalue weighted by molar-refractivity contribution is -0.117. The summed E-state index contributed by atoms with van der Waals surface area (Å²) in [6.07, 6.45) is 1.15. The number of aromatic hydroxyl groups is 1. The minimum atomic E-state index is -2.56. The minimum Gasteiger partial charge on any atom is -0.508 e. The van der Waals surface area contributed by atoms with E-state index in [4.69, 9.17) is 4.42 Å². The topological polar surface area (TPSA) is 99.8 Å². The smallest absolute Gasteiger partial charge is 0.506 e. The van der Waals surface area contributed by atoms with Gasteiger partial charge in [0.25, 0.3) is 0 Å². The van der Waals surface area contributed by atoms with Crippen LogP contribution in [0.15, 0.2) is 71.3 Å². The van der Waals surface area contributed by atoms with Gasteiger partial charge in [-0.1, -0.05) is 30.3 Å². The van der Waals surface area contributed by atoms with Crippen molar-refractivity contribution in [3.63, 3.8) is 0 Å². The molecule has 0 bridgehead atoms. The summed E-state index contributed by atoms with van der Waals surface area (Å²) in [4.78, 5) is 22.4. The molecule has 3 aromatic carbocycles. The number of nitrogens with one attached hydrogen (secondary N) is 1. The molecule has 1 amide bonds. The molecule has 140 valence electrons. The number of carbonyl (C=O) groups is 1. The Balaban J connectivity index is 1.68. The zero-order valence-electron chi connectivity index (χ0n) is 14.7. The molecule has 0 aliphatic heterocycles. The number of phenolic OH excluding ortho intramolecular Hbond substituents is 1. The van der Waals surface area contributed by atoms with Crippen LogP contribution in [0.4, 0.5) is 5.69 Å². The Labute approximate surface area is 161 Å². The number of phenols is 1. The number of fused-ring (bicyclic) bond motifs is 2. The number of furan rings is 1. The van der Waals surface area contributed by atoms with E-state index in [9.17, 15) is 19.4 Å². The van der Waals surface area contributed by atoms with Crippen molar-refractivity contribution in [2.75, 3.05) is 11.5 Å². The number of benzene rings is 3. The van der Waals surface area contributed by atoms with Crippen LogP contribution in [0, 0.1) is 0 Å². The number of anilines is 1. The van der Waals surface area contributed by atoms with Gasteiger partial charge in [-0.2, -0.15) is 4.89 Å². The highest BCUT2D eigenvalue weighted by atomic mass is 31.1. The molecule has 0 fully saturated rings. The Kier molecular flexibility index (Phi) is 4.82. The Hall–Kier alpha value is -3.21. The maximum atomic E-state index is 13.0. The van der Waals surface area contributed by atoms with Crippen molar-refractivity contribution in [2.24, 2.45) is 0 Å². The van der Waals surface area contributed by atoms with Crippen molar-refractivity contribution >= 4 is 41.4 Å². The molecule has 0 saturated heterocycles. The van der Waals surface area contributed by atoms with Gasteiger partial charge >= 0.3 is 8.03 Å². The maximum absolute atomic E-state index is 13.0. The second kappa shape index (κ2) is 7.43. The van der Waals surface area contributed by atoms with E-state index in [1.54, 1.807) is 12.1 Å². The summed E-state index contributed by atoms with van der Waals surface area (Å²) in [5.74, 6) is -1.29. The lowest BCUT2D eigenvalue weighted by Gasteiger charge is -2.12. The monoisotopic (exact) mass is 394 g/mol. The molecule has 1 heterocycles. The average Bonchev–Trinajstić information content (AvgIpc) is 3.08. The molecule has 2 unspecified atom stereocenters. The van der Waals surface area contributed by atoms with E-state index < -0.39 is 19.9 Å². The van der Waals surface area contributed by atoms with Crippen LogP contribution in [-0.2, 0) is 9.36 Å². The van der Waals surface area contributed by atoms with Gasteiger partial charge in [-0.3, -0.25) is 4.79 Å². The van der Waals surface area contributed by atoms with E-state index >= 15 is 0 Å². The molecular formula is C21H17NO5P+. The number of hydrogen-bond acceptors (Lipinski definition) is 4. The van der Waals surface area contributed by atoms with Gasteiger partial charge in [0.05, 0.1) is 6.26 Å². The van der Waals surface area contributed by atoms with Gasteiger partial charge < -0.3 is 14.8 Å². The number of hydrogen-bond donors (Lipinski definition) is 3. The van der Waals surface area contributed by atoms with Crippen LogP contribution in [0.3, 0.4) is 0 Å². The summed E-state index contributed by atoms with van der Waals surface area (Å²) in [5, 5.41) is 15.1. The third kappa shape index (κ3) is 3.60. The average molecular weight is 394 g/mol. The molecule has 0 spiro atoms. The molecule has 0 aliphatic carbocycles. The predicted octanol–water partition coefficient (Wildman–Crippen LogP) is 4.75. The van der Waals surface area contributed by atoms with Gasteiger partial charge in [-0.15, -0.1) is 0 Å². The van der Waals surface area contributed by atoms with Crippen LogP contribution in [-0.4, -0.2) is 22.1 Å². The molecule has 0 aliphatic rings. The first kappa shape index (κ1) is 18.2. The highest BCUT2D eigenvalue weighted by molar-refractivity contribution is 7.38. The largest absolute Gasteiger partial charge is 0.508 e. The van der Waals surface area contributed by atoms with Crippen molar-refractivity contribution in [2.45, 2.75) is 5.92 Å². The van der Waals surface area contributed by atoms with Crippen molar-refractivity contribution in [3.8, 4) is 5.75 Å². The Morgan fingerprint density at radius 1 is 1.07 bits per heavy atom. The second-order valence-electron chi connectivity index (χ2n) is 6.51. The Bertz CT molecular complexity index is 1200. The number of carbonyl (C=O) groups excluding carboxylic acids is 1. The van der Waals surface area contributed by atoms with Gasteiger partial charge in [0.15, 0.2) is 6.16 Å². The highest BCUT2D eigenvalue weighted by Gasteiger charge is 2.32. The van der Waals surface area contributed by atoms with Crippen molar-refractivity contribution in [1.82, 2.24) is 0 Å². The first-order valence-corrected chi connectivity index (χ1v) is 10.0. The molecule has 0 radical (unpaired) electrons. The van der Waals surface area contributed by atoms with Gasteiger partial charge in [-0.25, -0.2) is 0 Å². The highest BCUT2D eigenvalue weighted by Crippen LogP contribution is 2.35. The molecule has 4 rings (SSSR count). The first-order valence-electron chi connectivity index (χ1n) is 8.64. The molecule has 0 saturated carbocycles. The third-order valence-corrected chi connectivity index (χ3v) is 5.31. The first-order chi connectivity index (χ1) is 13.5. The zero-order chi connectivity index (χ0) is 19.7. The van der Waals surface area contributed by atoms with E-state index in [1.807, 2.05) is 36.4 Å². The van der Waals surface area contributed by atoms with Crippen molar-refractivity contribution in [1.29, 1.82) is 0 Å². The van der Waals surface area contributed by atoms with Crippen LogP contribution in [0.25, 0.3) is 21.7 Å². The Morgan fingerprint density at radius 2 is 1.86 bits per heavy atom. The molecule has 28 heavy (non-hydrogen) atoms. The SMILES string of the molecule is O=C(Nc1ccc2ccccc2c1)C(C[P+](=O)O)c1coc2ccc(O)cc12. The maximum Gasteiger partial charge on any atom is 0.506 e. The van der Waals surface area contributed by atoms with E-state index in [-0.39, 0.29) is 11.9 Å². The fourth-order valence-corrected chi connectivity index (χ4v) is 3.96. The second-order valence-corrected chi connectivity index (χ2v) is 7.58. The molecule has 7 heteroatoms. The van der Waals surface area contributed by atoms with Gasteiger partial charge in [0, 0.05) is 16.6 Å². The normalized spacial score (nSPS) is 12.8. The molecule has 4 aromatic rings. The number of rotatable bonds is 5. The van der Waals surface area contributed by atoms with E-state index in [2.05, 4.69) is 5.32 Å². The summed E-state index contributed by atoms with van der Waals surface area (Å²) < 4.78 is 17.0. The van der Waals surface area contributed by atoms with E-state index in [1.165, 1.54) is 18.4 Å². The predicted molar refractivity (Wildman–Crippen MR) is 108 cm³/mol. The summed E-state index contributed by atoms with van der Waals surface area (Å²) >= 11 is 0. The zero-order valence-corrected chi connectivity index (χ0v) is 15.6. The van der Waals surface area contributed by atoms with Crippen molar-refractivity contribution in [3.05, 3.63) is 72.5 Å². The number of amides is 1. The van der Waals surface area contributed by atoms with Crippen LogP contribution in [0.1, 0.15) is 11.5 Å². The summed E-state index contributed by atoms with van der Waals surface area (Å²) in [5.41, 5.74) is 1.54. The van der Waals surface area contributed by atoms with Crippen LogP contribution < -0.4 is 5.32 Å². The van der Waals surface area contributed by atoms with Crippen LogP contribution in [0.5, 0.6) is 5.75 Å². The summed E-state index contributed by atoms with van der Waals surface area (Å²) in [6, 6.07) is 17.9. The third-order valence-electron chi connectivity index (χ3n) is 4.63. The van der Waals surface area contributed by atoms with Crippen LogP contribution in [0.2, 0.25) is 0 Å². The standard InChI is InChI=1S/C21H16NO5P/c23-16-7-8-20-17(10-16)18(11-27-20)19(12-28(25)26)21(24)22-15-6-5-13-3-1-2-4-14(13)9-15/h1-11,19H,12H2,(H2-,22,23,24,25,26)/p+1. The fraction of sp³-hybridized carbons (Fsp3) is 0.0952. The van der Waals surface area contributed by atoms with E-state index in [0.29, 0.717) is 22.2 Å². The molecule has 2 atom stereocenters. The van der Waals surface area contributed by atoms with Gasteiger partial charge in [0.1, 0.15) is 17.3 Å².